The second kappa shape index (κ2) is 13.6. The summed E-state index contributed by atoms with van der Waals surface area (Å²) in [6, 6.07) is 8.27. The highest BCUT2D eigenvalue weighted by Gasteiger charge is 2.37. The summed E-state index contributed by atoms with van der Waals surface area (Å²) in [6.45, 7) is 9.15. The molecule has 0 radical (unpaired) electrons. The van der Waals surface area contributed by atoms with Crippen molar-refractivity contribution in [3.63, 3.8) is 0 Å². The molecule has 32 heavy (non-hydrogen) atoms. The first-order chi connectivity index (χ1) is 15.1. The van der Waals surface area contributed by atoms with Gasteiger partial charge in [-0.25, -0.2) is 15.5 Å². The Morgan fingerprint density at radius 1 is 1.03 bits per heavy atom. The van der Waals surface area contributed by atoms with Crippen LogP contribution < -0.4 is 5.48 Å². The smallest absolute Gasteiger partial charge is 0.269 e. The topological polar surface area (TPSA) is 110 Å². The van der Waals surface area contributed by atoms with Crippen LogP contribution in [0.25, 0.3) is 6.08 Å². The van der Waals surface area contributed by atoms with Crippen LogP contribution in [-0.4, -0.2) is 56.7 Å². The van der Waals surface area contributed by atoms with Crippen LogP contribution in [0.4, 0.5) is 0 Å². The Bertz CT molecular complexity index is 762. The first-order valence-corrected chi connectivity index (χ1v) is 11.0. The standard InChI is InChI=1S/C24H37N3O5/c1-17(2)14-15-22(29)27(26(16-18(3)4)24(31)19(5)28)21(23(30)25-32)13-9-12-20-10-7-6-8-11-20/h6-12,17-19,21,28,32H,13-16H2,1-5H3,(H,25,30)/t19-,21+/m1/s1. The van der Waals surface area contributed by atoms with Crippen LogP contribution in [0.5, 0.6) is 0 Å². The van der Waals surface area contributed by atoms with E-state index in [1.807, 2.05) is 58.0 Å². The van der Waals surface area contributed by atoms with E-state index >= 15 is 0 Å². The van der Waals surface area contributed by atoms with Crippen molar-refractivity contribution < 1.29 is 24.7 Å². The van der Waals surface area contributed by atoms with Crippen molar-refractivity contribution in [2.45, 2.75) is 66.0 Å². The highest BCUT2D eigenvalue weighted by Crippen LogP contribution is 2.19. The largest absolute Gasteiger partial charge is 0.383 e. The average Bonchev–Trinajstić information content (AvgIpc) is 2.75. The van der Waals surface area contributed by atoms with E-state index in [0.29, 0.717) is 6.42 Å². The first kappa shape index (κ1) is 27.3. The van der Waals surface area contributed by atoms with Gasteiger partial charge in [0, 0.05) is 13.0 Å². The predicted octanol–water partition coefficient (Wildman–Crippen LogP) is 3.01. The number of benzene rings is 1. The van der Waals surface area contributed by atoms with Gasteiger partial charge in [-0.15, -0.1) is 0 Å². The van der Waals surface area contributed by atoms with Gasteiger partial charge in [-0.05, 0) is 37.2 Å². The first-order valence-electron chi connectivity index (χ1n) is 11.0. The summed E-state index contributed by atoms with van der Waals surface area (Å²) < 4.78 is 0. The molecule has 8 heteroatoms. The number of hydrogen-bond donors (Lipinski definition) is 3. The summed E-state index contributed by atoms with van der Waals surface area (Å²) >= 11 is 0. The number of hydrazine groups is 1. The van der Waals surface area contributed by atoms with Crippen molar-refractivity contribution in [3.8, 4) is 0 Å². The molecule has 0 fully saturated rings. The van der Waals surface area contributed by atoms with Gasteiger partial charge in [-0.2, -0.15) is 0 Å². The summed E-state index contributed by atoms with van der Waals surface area (Å²) in [5, 5.41) is 21.6. The number of aliphatic hydroxyl groups excluding tert-OH is 1. The minimum absolute atomic E-state index is 0.0317. The molecule has 0 aliphatic carbocycles. The Kier molecular flexibility index (Phi) is 11.7. The summed E-state index contributed by atoms with van der Waals surface area (Å²) in [5.74, 6) is -1.70. The van der Waals surface area contributed by atoms with Crippen LogP contribution >= 0.6 is 0 Å². The molecule has 0 heterocycles. The Labute approximate surface area is 190 Å². The maximum atomic E-state index is 13.3. The molecule has 3 N–H and O–H groups in total. The van der Waals surface area contributed by atoms with Gasteiger partial charge in [0.05, 0.1) is 0 Å². The number of nitrogens with zero attached hydrogens (tertiary/aromatic N) is 2. The number of aliphatic hydroxyl groups is 1. The van der Waals surface area contributed by atoms with Gasteiger partial charge in [0.2, 0.25) is 5.91 Å². The molecular weight excluding hydrogens is 410 g/mol. The van der Waals surface area contributed by atoms with E-state index in [2.05, 4.69) is 0 Å². The van der Waals surface area contributed by atoms with Crippen molar-refractivity contribution in [2.24, 2.45) is 11.8 Å². The monoisotopic (exact) mass is 447 g/mol. The zero-order valence-corrected chi connectivity index (χ0v) is 19.7. The SMILES string of the molecule is CC(C)CCC(=O)N([C@@H](CC=Cc1ccccc1)C(=O)NO)N(CC(C)C)C(=O)[C@@H](C)O. The van der Waals surface area contributed by atoms with E-state index < -0.39 is 29.9 Å². The fourth-order valence-electron chi connectivity index (χ4n) is 3.14. The molecule has 0 aromatic heterocycles. The van der Waals surface area contributed by atoms with E-state index in [4.69, 9.17) is 0 Å². The van der Waals surface area contributed by atoms with Crippen LogP contribution in [-0.2, 0) is 14.4 Å². The molecule has 8 nitrogen and oxygen atoms in total. The number of hydrogen-bond acceptors (Lipinski definition) is 5. The van der Waals surface area contributed by atoms with Crippen molar-refractivity contribution in [3.05, 3.63) is 42.0 Å². The minimum atomic E-state index is -1.35. The van der Waals surface area contributed by atoms with Crippen LogP contribution in [0.2, 0.25) is 0 Å². The quantitative estimate of drug-likeness (QED) is 0.357. The Morgan fingerprint density at radius 3 is 2.16 bits per heavy atom. The molecule has 1 rings (SSSR count). The average molecular weight is 448 g/mol. The summed E-state index contributed by atoms with van der Waals surface area (Å²) in [7, 11) is 0. The zero-order valence-electron chi connectivity index (χ0n) is 19.7. The van der Waals surface area contributed by atoms with Gasteiger partial charge in [-0.1, -0.05) is 70.2 Å². The molecule has 3 amide bonds. The fourth-order valence-corrected chi connectivity index (χ4v) is 3.14. The molecule has 1 aromatic carbocycles. The summed E-state index contributed by atoms with van der Waals surface area (Å²) in [6.07, 6.45) is 2.93. The molecule has 0 aliphatic heterocycles. The van der Waals surface area contributed by atoms with Gasteiger partial charge in [0.15, 0.2) is 0 Å². The van der Waals surface area contributed by atoms with E-state index in [9.17, 15) is 24.7 Å². The lowest BCUT2D eigenvalue weighted by molar-refractivity contribution is -0.179. The van der Waals surface area contributed by atoms with E-state index in [0.717, 1.165) is 15.6 Å². The highest BCUT2D eigenvalue weighted by molar-refractivity contribution is 5.90. The molecule has 2 atom stereocenters. The number of rotatable bonds is 11. The molecule has 0 unspecified atom stereocenters. The lowest BCUT2D eigenvalue weighted by Crippen LogP contribution is -2.61. The molecule has 0 bridgehead atoms. The normalized spacial score (nSPS) is 13.3. The van der Waals surface area contributed by atoms with Crippen molar-refractivity contribution >= 4 is 23.8 Å². The van der Waals surface area contributed by atoms with Crippen LogP contribution in [0.15, 0.2) is 36.4 Å². The third kappa shape index (κ3) is 8.80. The lowest BCUT2D eigenvalue weighted by Gasteiger charge is -2.40. The Morgan fingerprint density at radius 2 is 1.66 bits per heavy atom. The number of carbonyl (C=O) groups excluding carboxylic acids is 3. The third-order valence-electron chi connectivity index (χ3n) is 4.78. The molecule has 0 saturated heterocycles. The molecule has 178 valence electrons. The maximum absolute atomic E-state index is 13.3. The van der Waals surface area contributed by atoms with Gasteiger partial charge in [0.1, 0.15) is 12.1 Å². The number of hydroxylamine groups is 1. The molecule has 1 aromatic rings. The molecule has 0 saturated carbocycles. The summed E-state index contributed by atoms with van der Waals surface area (Å²) in [4.78, 5) is 38.7. The van der Waals surface area contributed by atoms with Crippen LogP contribution in [0.3, 0.4) is 0 Å². The van der Waals surface area contributed by atoms with Gasteiger partial charge >= 0.3 is 0 Å². The second-order valence-corrected chi connectivity index (χ2v) is 8.70. The van der Waals surface area contributed by atoms with E-state index in [1.165, 1.54) is 6.92 Å². The van der Waals surface area contributed by atoms with Crippen LogP contribution in [0, 0.1) is 11.8 Å². The molecule has 0 aliphatic rings. The Balaban J connectivity index is 3.36. The lowest BCUT2D eigenvalue weighted by atomic mass is 10.1. The van der Waals surface area contributed by atoms with Crippen molar-refractivity contribution in [2.75, 3.05) is 6.54 Å². The number of nitrogens with one attached hydrogen (secondary N) is 1. The van der Waals surface area contributed by atoms with Crippen molar-refractivity contribution in [1.82, 2.24) is 15.5 Å². The zero-order chi connectivity index (χ0) is 24.3. The molecular formula is C24H37N3O5. The third-order valence-corrected chi connectivity index (χ3v) is 4.78. The Hall–Kier alpha value is -2.71. The van der Waals surface area contributed by atoms with Crippen molar-refractivity contribution in [1.29, 1.82) is 0 Å². The number of carbonyl (C=O) groups is 3. The maximum Gasteiger partial charge on any atom is 0.269 e. The van der Waals surface area contributed by atoms with Gasteiger partial charge in [-0.3, -0.25) is 19.6 Å². The van der Waals surface area contributed by atoms with Crippen LogP contribution in [0.1, 0.15) is 59.4 Å². The molecule has 0 spiro atoms. The predicted molar refractivity (Wildman–Crippen MR) is 123 cm³/mol. The van der Waals surface area contributed by atoms with E-state index in [1.54, 1.807) is 17.6 Å². The van der Waals surface area contributed by atoms with E-state index in [-0.39, 0.29) is 31.2 Å². The van der Waals surface area contributed by atoms with Gasteiger partial charge in [0.25, 0.3) is 11.8 Å². The summed E-state index contributed by atoms with van der Waals surface area (Å²) in [5.41, 5.74) is 2.53. The highest BCUT2D eigenvalue weighted by atomic mass is 16.5. The number of amides is 3. The minimum Gasteiger partial charge on any atom is -0.383 e. The fraction of sp³-hybridized carbons (Fsp3) is 0.542. The van der Waals surface area contributed by atoms with Gasteiger partial charge < -0.3 is 5.11 Å². The second-order valence-electron chi connectivity index (χ2n) is 8.70.